The van der Waals surface area contributed by atoms with Crippen LogP contribution < -0.4 is 4.74 Å². The molecule has 2 aromatic carbocycles. The van der Waals surface area contributed by atoms with E-state index in [1.807, 2.05) is 30.3 Å². The molecule has 1 aromatic heterocycles. The smallest absolute Gasteiger partial charge is 0.241 e. The predicted molar refractivity (Wildman–Crippen MR) is 105 cm³/mol. The maximum atomic E-state index is 13.7. The average Bonchev–Trinajstić information content (AvgIpc) is 3.22. The summed E-state index contributed by atoms with van der Waals surface area (Å²) in [5.41, 5.74) is 1.19. The predicted octanol–water partition coefficient (Wildman–Crippen LogP) is 3.98. The van der Waals surface area contributed by atoms with Crippen molar-refractivity contribution in [2.24, 2.45) is 5.92 Å². The highest BCUT2D eigenvalue weighted by Crippen LogP contribution is 2.27. The SMILES string of the molecule is COc1ccc(F)cc1C(=O)[C@@H]1CCCN(Cc2nc(-c3ccccc3)no2)C1. The number of rotatable bonds is 6. The van der Waals surface area contributed by atoms with Crippen molar-refractivity contribution in [3.63, 3.8) is 0 Å². The third-order valence-corrected chi connectivity index (χ3v) is 5.16. The molecule has 0 N–H and O–H groups in total. The summed E-state index contributed by atoms with van der Waals surface area (Å²) >= 11 is 0. The summed E-state index contributed by atoms with van der Waals surface area (Å²) in [6.07, 6.45) is 1.63. The normalized spacial score (nSPS) is 17.2. The summed E-state index contributed by atoms with van der Waals surface area (Å²) in [5.74, 6) is 0.701. The minimum atomic E-state index is -0.443. The van der Waals surface area contributed by atoms with Crippen LogP contribution in [0.15, 0.2) is 53.1 Å². The van der Waals surface area contributed by atoms with Crippen molar-refractivity contribution in [1.29, 1.82) is 0 Å². The Morgan fingerprint density at radius 3 is 2.90 bits per heavy atom. The summed E-state index contributed by atoms with van der Waals surface area (Å²) in [7, 11) is 1.48. The van der Waals surface area contributed by atoms with Gasteiger partial charge in [0, 0.05) is 18.0 Å². The first-order valence-corrected chi connectivity index (χ1v) is 9.62. The second-order valence-corrected chi connectivity index (χ2v) is 7.16. The Balaban J connectivity index is 1.45. The van der Waals surface area contributed by atoms with E-state index in [9.17, 15) is 9.18 Å². The molecule has 1 aliphatic heterocycles. The molecule has 4 rings (SSSR count). The summed E-state index contributed by atoms with van der Waals surface area (Å²) < 4.78 is 24.3. The number of ketones is 1. The molecule has 1 fully saturated rings. The number of Topliss-reactive ketones (excluding diaryl/α,β-unsaturated/α-hetero) is 1. The van der Waals surface area contributed by atoms with Gasteiger partial charge in [0.05, 0.1) is 19.2 Å². The second kappa shape index (κ2) is 8.53. The van der Waals surface area contributed by atoms with Gasteiger partial charge < -0.3 is 9.26 Å². The van der Waals surface area contributed by atoms with E-state index in [-0.39, 0.29) is 11.7 Å². The van der Waals surface area contributed by atoms with Crippen LogP contribution >= 0.6 is 0 Å². The molecule has 7 heteroatoms. The summed E-state index contributed by atoms with van der Waals surface area (Å²) in [4.78, 5) is 19.6. The number of ether oxygens (including phenoxy) is 1. The number of hydrogen-bond donors (Lipinski definition) is 0. The number of carbonyl (C=O) groups excluding carboxylic acids is 1. The van der Waals surface area contributed by atoms with E-state index in [4.69, 9.17) is 9.26 Å². The average molecular weight is 395 g/mol. The van der Waals surface area contributed by atoms with Crippen molar-refractivity contribution in [3.05, 3.63) is 65.8 Å². The minimum absolute atomic E-state index is 0.0958. The van der Waals surface area contributed by atoms with Gasteiger partial charge in [0.2, 0.25) is 11.7 Å². The van der Waals surface area contributed by atoms with E-state index < -0.39 is 5.82 Å². The lowest BCUT2D eigenvalue weighted by Gasteiger charge is -2.31. The van der Waals surface area contributed by atoms with Gasteiger partial charge in [-0.15, -0.1) is 0 Å². The molecule has 2 heterocycles. The molecule has 1 aliphatic rings. The zero-order valence-corrected chi connectivity index (χ0v) is 16.2. The fraction of sp³-hybridized carbons (Fsp3) is 0.318. The Labute approximate surface area is 168 Å². The van der Waals surface area contributed by atoms with Gasteiger partial charge in [0.1, 0.15) is 11.6 Å². The Morgan fingerprint density at radius 1 is 1.28 bits per heavy atom. The Hall–Kier alpha value is -3.06. The number of aromatic nitrogens is 2. The molecule has 3 aromatic rings. The zero-order valence-electron chi connectivity index (χ0n) is 16.2. The van der Waals surface area contributed by atoms with E-state index in [2.05, 4.69) is 15.0 Å². The van der Waals surface area contributed by atoms with E-state index in [1.54, 1.807) is 0 Å². The molecule has 0 spiro atoms. The lowest BCUT2D eigenvalue weighted by molar-refractivity contribution is 0.0793. The van der Waals surface area contributed by atoms with Crippen molar-refractivity contribution in [3.8, 4) is 17.1 Å². The van der Waals surface area contributed by atoms with Crippen LogP contribution in [0.25, 0.3) is 11.4 Å². The summed E-state index contributed by atoms with van der Waals surface area (Å²) in [6.45, 7) is 1.87. The highest BCUT2D eigenvalue weighted by atomic mass is 19.1. The first kappa shape index (κ1) is 19.3. The number of hydrogen-bond acceptors (Lipinski definition) is 6. The van der Waals surface area contributed by atoms with Gasteiger partial charge in [-0.1, -0.05) is 35.5 Å². The van der Waals surface area contributed by atoms with Crippen LogP contribution in [0, 0.1) is 11.7 Å². The molecule has 0 saturated carbocycles. The molecule has 1 saturated heterocycles. The summed E-state index contributed by atoms with van der Waals surface area (Å²) in [5, 5.41) is 4.05. The zero-order chi connectivity index (χ0) is 20.2. The Kier molecular flexibility index (Phi) is 5.67. The topological polar surface area (TPSA) is 68.5 Å². The molecule has 0 amide bonds. The Bertz CT molecular complexity index is 990. The highest BCUT2D eigenvalue weighted by molar-refractivity contribution is 6.00. The van der Waals surface area contributed by atoms with Crippen LogP contribution in [0.5, 0.6) is 5.75 Å². The molecule has 0 unspecified atom stereocenters. The van der Waals surface area contributed by atoms with Crippen LogP contribution in [0.2, 0.25) is 0 Å². The molecular weight excluding hydrogens is 373 g/mol. The fourth-order valence-electron chi connectivity index (χ4n) is 3.72. The van der Waals surface area contributed by atoms with Crippen LogP contribution in [0.1, 0.15) is 29.1 Å². The molecule has 150 valence electrons. The van der Waals surface area contributed by atoms with E-state index in [1.165, 1.54) is 25.3 Å². The van der Waals surface area contributed by atoms with Gasteiger partial charge in [-0.25, -0.2) is 4.39 Å². The maximum absolute atomic E-state index is 13.7. The lowest BCUT2D eigenvalue weighted by Crippen LogP contribution is -2.38. The van der Waals surface area contributed by atoms with Crippen LogP contribution in [-0.2, 0) is 6.54 Å². The number of methoxy groups -OCH3 is 1. The van der Waals surface area contributed by atoms with E-state index in [0.717, 1.165) is 24.9 Å². The van der Waals surface area contributed by atoms with Gasteiger partial charge in [-0.05, 0) is 37.6 Å². The molecule has 0 radical (unpaired) electrons. The molecule has 0 aliphatic carbocycles. The molecule has 6 nitrogen and oxygen atoms in total. The maximum Gasteiger partial charge on any atom is 0.241 e. The number of nitrogens with zero attached hydrogens (tertiary/aromatic N) is 3. The first-order chi connectivity index (χ1) is 14.1. The Morgan fingerprint density at radius 2 is 2.10 bits per heavy atom. The third-order valence-electron chi connectivity index (χ3n) is 5.16. The summed E-state index contributed by atoms with van der Waals surface area (Å²) in [6, 6.07) is 13.7. The number of likely N-dealkylation sites (tertiary alicyclic amines) is 1. The van der Waals surface area contributed by atoms with Gasteiger partial charge in [0.15, 0.2) is 5.78 Å². The second-order valence-electron chi connectivity index (χ2n) is 7.16. The molecule has 1 atom stereocenters. The molecular formula is C22H22FN3O3. The van der Waals surface area contributed by atoms with Crippen molar-refractivity contribution in [2.45, 2.75) is 19.4 Å². The first-order valence-electron chi connectivity index (χ1n) is 9.62. The van der Waals surface area contributed by atoms with Gasteiger partial charge >= 0.3 is 0 Å². The van der Waals surface area contributed by atoms with Gasteiger partial charge in [-0.3, -0.25) is 9.69 Å². The minimum Gasteiger partial charge on any atom is -0.496 e. The third kappa shape index (κ3) is 4.35. The van der Waals surface area contributed by atoms with E-state index >= 15 is 0 Å². The van der Waals surface area contributed by atoms with Gasteiger partial charge in [0.25, 0.3) is 0 Å². The number of carbonyl (C=O) groups is 1. The highest BCUT2D eigenvalue weighted by Gasteiger charge is 2.29. The fourth-order valence-corrected chi connectivity index (χ4v) is 3.72. The lowest BCUT2D eigenvalue weighted by atomic mass is 9.89. The standard InChI is InChI=1S/C22H22FN3O3/c1-28-19-10-9-17(23)12-18(19)21(27)16-8-5-11-26(13-16)14-20-24-22(25-29-20)15-6-3-2-4-7-15/h2-4,6-7,9-10,12,16H,5,8,11,13-14H2,1H3/t16-/m1/s1. The quantitative estimate of drug-likeness (QED) is 0.588. The van der Waals surface area contributed by atoms with Gasteiger partial charge in [-0.2, -0.15) is 4.98 Å². The number of benzene rings is 2. The molecule has 0 bridgehead atoms. The van der Waals surface area contributed by atoms with E-state index in [0.29, 0.717) is 36.1 Å². The van der Waals surface area contributed by atoms with Crippen LogP contribution in [-0.4, -0.2) is 41.0 Å². The van der Waals surface area contributed by atoms with Crippen molar-refractivity contribution < 1.29 is 18.4 Å². The van der Waals surface area contributed by atoms with Crippen LogP contribution in [0.3, 0.4) is 0 Å². The number of halogens is 1. The van der Waals surface area contributed by atoms with Crippen molar-refractivity contribution in [2.75, 3.05) is 20.2 Å². The van der Waals surface area contributed by atoms with Crippen molar-refractivity contribution in [1.82, 2.24) is 15.0 Å². The molecule has 29 heavy (non-hydrogen) atoms. The number of piperidine rings is 1. The monoisotopic (exact) mass is 395 g/mol. The largest absolute Gasteiger partial charge is 0.496 e. The van der Waals surface area contributed by atoms with Crippen molar-refractivity contribution >= 4 is 5.78 Å². The van der Waals surface area contributed by atoms with Crippen LogP contribution in [0.4, 0.5) is 4.39 Å².